The highest BCUT2D eigenvalue weighted by atomic mass is 16.2. The van der Waals surface area contributed by atoms with Gasteiger partial charge in [-0.3, -0.25) is 20.0 Å². The number of pyridine rings is 1. The highest BCUT2D eigenvalue weighted by Crippen LogP contribution is 2.15. The van der Waals surface area contributed by atoms with Crippen LogP contribution >= 0.6 is 0 Å². The Bertz CT molecular complexity index is 1030. The highest BCUT2D eigenvalue weighted by molar-refractivity contribution is 6.43. The topological polar surface area (TPSA) is 105 Å². The van der Waals surface area contributed by atoms with E-state index in [0.717, 1.165) is 5.56 Å². The number of amidine groups is 1. The highest BCUT2D eigenvalue weighted by Gasteiger charge is 2.25. The van der Waals surface area contributed by atoms with Gasteiger partial charge >= 0.3 is 0 Å². The first-order chi connectivity index (χ1) is 13.6. The van der Waals surface area contributed by atoms with Gasteiger partial charge in [0.1, 0.15) is 6.54 Å². The quantitative estimate of drug-likeness (QED) is 0.718. The largest absolute Gasteiger partial charge is 0.318 e. The van der Waals surface area contributed by atoms with Gasteiger partial charge in [-0.25, -0.2) is 14.7 Å². The maximum Gasteiger partial charge on any atom is 0.292 e. The van der Waals surface area contributed by atoms with Crippen molar-refractivity contribution < 1.29 is 9.59 Å². The molecule has 9 nitrogen and oxygen atoms in total. The minimum atomic E-state index is -0.460. The number of hydrazine groups is 1. The Morgan fingerprint density at radius 1 is 1.18 bits per heavy atom. The van der Waals surface area contributed by atoms with E-state index in [-0.39, 0.29) is 18.3 Å². The van der Waals surface area contributed by atoms with Crippen molar-refractivity contribution in [2.45, 2.75) is 6.92 Å². The van der Waals surface area contributed by atoms with E-state index < -0.39 is 5.91 Å². The third-order valence-corrected chi connectivity index (χ3v) is 4.09. The fraction of sp³-hybridized carbons (Fsp3) is 0.105. The van der Waals surface area contributed by atoms with E-state index >= 15 is 0 Å². The number of anilines is 2. The summed E-state index contributed by atoms with van der Waals surface area (Å²) in [5.74, 6) is -0.0208. The molecule has 1 aliphatic rings. The van der Waals surface area contributed by atoms with Crippen molar-refractivity contribution in [2.75, 3.05) is 16.9 Å². The van der Waals surface area contributed by atoms with Gasteiger partial charge in [-0.1, -0.05) is 17.7 Å². The molecule has 0 aliphatic carbocycles. The Hall–Kier alpha value is -4.01. The second-order valence-corrected chi connectivity index (χ2v) is 6.15. The molecular formula is C19H17N7O2. The molecule has 28 heavy (non-hydrogen) atoms. The van der Waals surface area contributed by atoms with Gasteiger partial charge in [-0.15, -0.1) is 0 Å². The lowest BCUT2D eigenvalue weighted by Crippen LogP contribution is -2.54. The number of carbonyl (C=O) groups is 2. The van der Waals surface area contributed by atoms with Gasteiger partial charge in [0.15, 0.2) is 5.82 Å². The number of aryl methyl sites for hydroxylation is 1. The van der Waals surface area contributed by atoms with E-state index in [0.29, 0.717) is 17.2 Å². The summed E-state index contributed by atoms with van der Waals surface area (Å²) in [6, 6.07) is 12.6. The van der Waals surface area contributed by atoms with Crippen LogP contribution in [0.3, 0.4) is 0 Å². The second-order valence-electron chi connectivity index (χ2n) is 6.15. The van der Waals surface area contributed by atoms with E-state index in [2.05, 4.69) is 25.8 Å². The zero-order chi connectivity index (χ0) is 19.5. The third-order valence-electron chi connectivity index (χ3n) is 4.09. The molecular weight excluding hydrogens is 358 g/mol. The molecule has 3 aromatic rings. The summed E-state index contributed by atoms with van der Waals surface area (Å²) in [6.07, 6.45) is 4.96. The molecule has 0 radical (unpaired) electrons. The molecule has 0 fully saturated rings. The minimum Gasteiger partial charge on any atom is -0.318 e. The molecule has 3 heterocycles. The predicted molar refractivity (Wildman–Crippen MR) is 104 cm³/mol. The number of carbonyl (C=O) groups excluding carboxylic acids is 2. The molecule has 0 unspecified atom stereocenters. The Morgan fingerprint density at radius 2 is 2.00 bits per heavy atom. The van der Waals surface area contributed by atoms with Crippen LogP contribution < -0.4 is 15.8 Å². The van der Waals surface area contributed by atoms with Crippen molar-refractivity contribution in [3.8, 4) is 5.82 Å². The van der Waals surface area contributed by atoms with Crippen LogP contribution in [0.15, 0.2) is 66.0 Å². The Labute approximate surface area is 160 Å². The number of rotatable bonds is 4. The molecule has 0 spiro atoms. The second kappa shape index (κ2) is 7.31. The van der Waals surface area contributed by atoms with Gasteiger partial charge < -0.3 is 5.32 Å². The molecule has 2 N–H and O–H groups in total. The Kier molecular flexibility index (Phi) is 4.55. The zero-order valence-electron chi connectivity index (χ0n) is 15.0. The van der Waals surface area contributed by atoms with Crippen LogP contribution in [0.4, 0.5) is 11.4 Å². The average molecular weight is 375 g/mol. The van der Waals surface area contributed by atoms with Crippen LogP contribution in [0, 0.1) is 6.92 Å². The van der Waals surface area contributed by atoms with Gasteiger partial charge in [-0.05, 0) is 37.3 Å². The molecule has 140 valence electrons. The SMILES string of the molecule is Cc1ccc(N2NC(C(=O)Nc3ccc(-n4cccn4)nc3)=NCC2=O)cc1. The van der Waals surface area contributed by atoms with Gasteiger partial charge in [0.25, 0.3) is 11.8 Å². The molecule has 0 saturated heterocycles. The van der Waals surface area contributed by atoms with Crippen molar-refractivity contribution in [3.05, 3.63) is 66.6 Å². The summed E-state index contributed by atoms with van der Waals surface area (Å²) in [6.45, 7) is 1.85. The monoisotopic (exact) mass is 375 g/mol. The van der Waals surface area contributed by atoms with Crippen LogP contribution in [0.2, 0.25) is 0 Å². The van der Waals surface area contributed by atoms with Gasteiger partial charge in [0, 0.05) is 12.4 Å². The standard InChI is InChI=1S/C19H17N7O2/c1-13-3-6-15(7-4-13)26-17(27)12-21-18(24-26)19(28)23-14-5-8-16(20-11-14)25-10-2-9-22-25/h2-11H,12H2,1H3,(H,21,24)(H,23,28). The number of aliphatic imine (C=N–C) groups is 1. The molecule has 0 saturated carbocycles. The van der Waals surface area contributed by atoms with Crippen molar-refractivity contribution in [1.82, 2.24) is 20.2 Å². The average Bonchev–Trinajstić information content (AvgIpc) is 3.24. The first-order valence-electron chi connectivity index (χ1n) is 8.58. The van der Waals surface area contributed by atoms with E-state index in [9.17, 15) is 9.59 Å². The molecule has 0 bridgehead atoms. The van der Waals surface area contributed by atoms with E-state index in [1.807, 2.05) is 19.1 Å². The summed E-state index contributed by atoms with van der Waals surface area (Å²) < 4.78 is 1.61. The third kappa shape index (κ3) is 3.58. The Balaban J connectivity index is 1.45. The summed E-state index contributed by atoms with van der Waals surface area (Å²) in [5, 5.41) is 8.14. The lowest BCUT2D eigenvalue weighted by atomic mass is 10.2. The lowest BCUT2D eigenvalue weighted by Gasteiger charge is -2.27. The van der Waals surface area contributed by atoms with E-state index in [4.69, 9.17) is 0 Å². The van der Waals surface area contributed by atoms with Gasteiger partial charge in [0.2, 0.25) is 5.84 Å². The van der Waals surface area contributed by atoms with Crippen molar-refractivity contribution >= 4 is 29.0 Å². The fourth-order valence-corrected chi connectivity index (χ4v) is 2.64. The van der Waals surface area contributed by atoms with Crippen LogP contribution in [0.5, 0.6) is 0 Å². The zero-order valence-corrected chi connectivity index (χ0v) is 15.0. The minimum absolute atomic E-state index is 0.0522. The lowest BCUT2D eigenvalue weighted by molar-refractivity contribution is -0.118. The van der Waals surface area contributed by atoms with Crippen LogP contribution in [-0.4, -0.2) is 39.0 Å². The normalized spacial score (nSPS) is 13.7. The molecule has 0 atom stereocenters. The summed E-state index contributed by atoms with van der Waals surface area (Å²) >= 11 is 0. The number of amides is 2. The van der Waals surface area contributed by atoms with Crippen molar-refractivity contribution in [2.24, 2.45) is 4.99 Å². The first-order valence-corrected chi connectivity index (χ1v) is 8.58. The molecule has 1 aromatic carbocycles. The maximum absolute atomic E-state index is 12.5. The molecule has 2 aromatic heterocycles. The van der Waals surface area contributed by atoms with Crippen molar-refractivity contribution in [3.63, 3.8) is 0 Å². The molecule has 1 aliphatic heterocycles. The van der Waals surface area contributed by atoms with Gasteiger partial charge in [0.05, 0.1) is 17.6 Å². The van der Waals surface area contributed by atoms with Crippen molar-refractivity contribution in [1.29, 1.82) is 0 Å². The fourth-order valence-electron chi connectivity index (χ4n) is 2.64. The summed E-state index contributed by atoms with van der Waals surface area (Å²) in [5.41, 5.74) is 5.00. The van der Waals surface area contributed by atoms with E-state index in [1.165, 1.54) is 11.2 Å². The van der Waals surface area contributed by atoms with E-state index in [1.54, 1.807) is 47.4 Å². The Morgan fingerprint density at radius 3 is 2.68 bits per heavy atom. The molecule has 9 heteroatoms. The smallest absolute Gasteiger partial charge is 0.292 e. The molecule has 2 amide bonds. The number of hydrogen-bond acceptors (Lipinski definition) is 6. The maximum atomic E-state index is 12.5. The number of nitrogens with one attached hydrogen (secondary N) is 2. The van der Waals surface area contributed by atoms with Crippen LogP contribution in [0.25, 0.3) is 5.82 Å². The summed E-state index contributed by atoms with van der Waals surface area (Å²) in [4.78, 5) is 33.0. The number of hydrogen-bond donors (Lipinski definition) is 2. The first kappa shape index (κ1) is 17.4. The number of benzene rings is 1. The predicted octanol–water partition coefficient (Wildman–Crippen LogP) is 1.46. The van der Waals surface area contributed by atoms with Gasteiger partial charge in [-0.2, -0.15) is 5.10 Å². The van der Waals surface area contributed by atoms with Crippen LogP contribution in [0.1, 0.15) is 5.56 Å². The molecule has 4 rings (SSSR count). The summed E-state index contributed by atoms with van der Waals surface area (Å²) in [7, 11) is 0. The number of nitrogens with zero attached hydrogens (tertiary/aromatic N) is 5. The number of aromatic nitrogens is 3. The van der Waals surface area contributed by atoms with Crippen LogP contribution in [-0.2, 0) is 9.59 Å².